The predicted octanol–water partition coefficient (Wildman–Crippen LogP) is 4.41. The summed E-state index contributed by atoms with van der Waals surface area (Å²) in [6, 6.07) is 11.3. The minimum Gasteiger partial charge on any atom is -0.476 e. The van der Waals surface area contributed by atoms with Crippen LogP contribution in [0.3, 0.4) is 0 Å². The van der Waals surface area contributed by atoms with Gasteiger partial charge in [0.2, 0.25) is 11.8 Å². The van der Waals surface area contributed by atoms with E-state index in [1.54, 1.807) is 13.3 Å². The highest BCUT2D eigenvalue weighted by Gasteiger charge is 2.19. The number of piperazine rings is 1. The third kappa shape index (κ3) is 6.23. The summed E-state index contributed by atoms with van der Waals surface area (Å²) in [5.41, 5.74) is 1.35. The number of benzene rings is 1. The van der Waals surface area contributed by atoms with Crippen molar-refractivity contribution < 1.29 is 9.30 Å². The second kappa shape index (κ2) is 10.8. The van der Waals surface area contributed by atoms with Crippen molar-refractivity contribution in [1.82, 2.24) is 19.9 Å². The van der Waals surface area contributed by atoms with Gasteiger partial charge in [-0.1, -0.05) is 23.7 Å². The van der Waals surface area contributed by atoms with Gasteiger partial charge in [-0.15, -0.1) is 0 Å². The maximum Gasteiger partial charge on any atom is 0.239 e. The van der Waals surface area contributed by atoms with E-state index in [1.165, 1.54) is 6.20 Å². The number of likely N-dealkylation sites (N-methyl/N-ethyl adjacent to an activating group) is 1. The van der Waals surface area contributed by atoms with Crippen LogP contribution < -0.4 is 25.6 Å². The quantitative estimate of drug-likeness (QED) is 0.423. The zero-order valence-corrected chi connectivity index (χ0v) is 22.1. The van der Waals surface area contributed by atoms with E-state index < -0.39 is 7.14 Å². The van der Waals surface area contributed by atoms with Gasteiger partial charge in [-0.25, -0.2) is 4.98 Å². The summed E-state index contributed by atoms with van der Waals surface area (Å²) in [4.78, 5) is 18.2. The van der Waals surface area contributed by atoms with Gasteiger partial charge in [0.15, 0.2) is 5.82 Å². The standard InChI is InChI=1S/C24H31ClN7O2P/c1-5-34-23-19(10-11-21(29-23)32-14-12-31(2)13-15-32)28-24-26-16-17(25)22(30-24)27-18-8-6-7-9-20(18)35(3,4)33/h6-11,16H,5,12-15H2,1-4H3,(H2,26,27,28,30). The molecule has 0 amide bonds. The van der Waals surface area contributed by atoms with Gasteiger partial charge >= 0.3 is 0 Å². The van der Waals surface area contributed by atoms with Gasteiger partial charge in [-0.3, -0.25) is 0 Å². The van der Waals surface area contributed by atoms with Crippen LogP contribution in [0.2, 0.25) is 5.02 Å². The largest absolute Gasteiger partial charge is 0.476 e. The highest BCUT2D eigenvalue weighted by atomic mass is 35.5. The Hall–Kier alpha value is -2.87. The molecular formula is C24H31ClN7O2P. The molecule has 0 aliphatic carbocycles. The second-order valence-corrected chi connectivity index (χ2v) is 12.3. The molecule has 35 heavy (non-hydrogen) atoms. The predicted molar refractivity (Wildman–Crippen MR) is 144 cm³/mol. The third-order valence-corrected chi connectivity index (χ3v) is 7.51. The molecule has 2 aromatic heterocycles. The van der Waals surface area contributed by atoms with Crippen LogP contribution in [0, 0.1) is 0 Å². The Morgan fingerprint density at radius 2 is 1.77 bits per heavy atom. The summed E-state index contributed by atoms with van der Waals surface area (Å²) in [5, 5.41) is 7.50. The highest BCUT2D eigenvalue weighted by Crippen LogP contribution is 2.38. The van der Waals surface area contributed by atoms with E-state index in [9.17, 15) is 4.57 Å². The first kappa shape index (κ1) is 25.2. The first-order valence-electron chi connectivity index (χ1n) is 11.5. The van der Waals surface area contributed by atoms with E-state index >= 15 is 0 Å². The molecule has 3 heterocycles. The first-order chi connectivity index (χ1) is 16.7. The molecule has 3 aromatic rings. The van der Waals surface area contributed by atoms with Crippen LogP contribution in [0.5, 0.6) is 5.88 Å². The molecule has 1 saturated heterocycles. The normalized spacial score (nSPS) is 14.6. The van der Waals surface area contributed by atoms with Crippen molar-refractivity contribution in [2.75, 3.05) is 68.7 Å². The van der Waals surface area contributed by atoms with E-state index in [0.29, 0.717) is 40.7 Å². The van der Waals surface area contributed by atoms with Gasteiger partial charge in [0.05, 0.1) is 18.5 Å². The van der Waals surface area contributed by atoms with E-state index in [4.69, 9.17) is 21.3 Å². The molecular weight excluding hydrogens is 485 g/mol. The molecule has 0 atom stereocenters. The molecule has 1 aromatic carbocycles. The maximum atomic E-state index is 12.7. The zero-order chi connectivity index (χ0) is 25.0. The smallest absolute Gasteiger partial charge is 0.239 e. The number of hydrogen-bond donors (Lipinski definition) is 2. The van der Waals surface area contributed by atoms with Crippen LogP contribution in [0.25, 0.3) is 0 Å². The lowest BCUT2D eigenvalue weighted by Crippen LogP contribution is -2.44. The van der Waals surface area contributed by atoms with Crippen molar-refractivity contribution in [2.45, 2.75) is 6.92 Å². The summed E-state index contributed by atoms with van der Waals surface area (Å²) < 4.78 is 18.6. The number of ether oxygens (including phenoxy) is 1. The number of para-hydroxylation sites is 1. The molecule has 0 saturated carbocycles. The van der Waals surface area contributed by atoms with Gasteiger partial charge < -0.3 is 29.7 Å². The van der Waals surface area contributed by atoms with Crippen LogP contribution in [-0.2, 0) is 4.57 Å². The average molecular weight is 516 g/mol. The Morgan fingerprint density at radius 3 is 2.49 bits per heavy atom. The minimum atomic E-state index is -2.50. The fraction of sp³-hybridized carbons (Fsp3) is 0.375. The number of halogens is 1. The van der Waals surface area contributed by atoms with Gasteiger partial charge in [-0.2, -0.15) is 9.97 Å². The van der Waals surface area contributed by atoms with Crippen LogP contribution in [0.1, 0.15) is 6.92 Å². The summed E-state index contributed by atoms with van der Waals surface area (Å²) >= 11 is 6.38. The van der Waals surface area contributed by atoms with Crippen molar-refractivity contribution in [1.29, 1.82) is 0 Å². The zero-order valence-electron chi connectivity index (χ0n) is 20.5. The second-order valence-electron chi connectivity index (χ2n) is 8.75. The van der Waals surface area contributed by atoms with Crippen molar-refractivity contribution in [3.8, 4) is 5.88 Å². The molecule has 4 rings (SSSR count). The molecule has 0 bridgehead atoms. The van der Waals surface area contributed by atoms with Gasteiger partial charge in [0, 0.05) is 31.5 Å². The van der Waals surface area contributed by atoms with Gasteiger partial charge in [0.25, 0.3) is 0 Å². The van der Waals surface area contributed by atoms with Crippen molar-refractivity contribution in [3.05, 3.63) is 47.6 Å². The minimum absolute atomic E-state index is 0.334. The topological polar surface area (TPSA) is 95.5 Å². The average Bonchev–Trinajstić information content (AvgIpc) is 2.83. The number of pyridine rings is 1. The summed E-state index contributed by atoms with van der Waals surface area (Å²) in [7, 11) is -0.380. The monoisotopic (exact) mass is 515 g/mol. The number of anilines is 5. The summed E-state index contributed by atoms with van der Waals surface area (Å²) in [6.45, 7) is 9.69. The maximum absolute atomic E-state index is 12.7. The Balaban J connectivity index is 1.58. The van der Waals surface area contributed by atoms with Crippen LogP contribution in [0.4, 0.5) is 29.0 Å². The SMILES string of the molecule is CCOc1nc(N2CCN(C)CC2)ccc1Nc1ncc(Cl)c(Nc2ccccc2P(C)(C)=O)n1. The molecule has 9 nitrogen and oxygen atoms in total. The van der Waals surface area contributed by atoms with Gasteiger partial charge in [-0.05, 0) is 51.6 Å². The van der Waals surface area contributed by atoms with Crippen molar-refractivity contribution in [3.63, 3.8) is 0 Å². The molecule has 2 N–H and O–H groups in total. The highest BCUT2D eigenvalue weighted by molar-refractivity contribution is 7.70. The van der Waals surface area contributed by atoms with Crippen LogP contribution in [-0.4, -0.2) is 73.0 Å². The Bertz CT molecular complexity index is 1230. The number of nitrogens with one attached hydrogen (secondary N) is 2. The lowest BCUT2D eigenvalue weighted by molar-refractivity contribution is 0.309. The number of rotatable bonds is 8. The van der Waals surface area contributed by atoms with E-state index in [2.05, 4.69) is 37.4 Å². The number of nitrogens with zero attached hydrogens (tertiary/aromatic N) is 5. The lowest BCUT2D eigenvalue weighted by Gasteiger charge is -2.33. The molecule has 1 fully saturated rings. The summed E-state index contributed by atoms with van der Waals surface area (Å²) in [5.74, 6) is 2.11. The Kier molecular flexibility index (Phi) is 7.79. The van der Waals surface area contributed by atoms with Crippen LogP contribution in [0.15, 0.2) is 42.6 Å². The fourth-order valence-electron chi connectivity index (χ4n) is 3.80. The fourth-order valence-corrected chi connectivity index (χ4v) is 5.09. The van der Waals surface area contributed by atoms with Crippen molar-refractivity contribution in [2.24, 2.45) is 0 Å². The Morgan fingerprint density at radius 1 is 1.03 bits per heavy atom. The summed E-state index contributed by atoms with van der Waals surface area (Å²) in [6.07, 6.45) is 1.52. The molecule has 1 aliphatic rings. The van der Waals surface area contributed by atoms with Crippen molar-refractivity contribution >= 4 is 53.0 Å². The number of aromatic nitrogens is 3. The van der Waals surface area contributed by atoms with E-state index in [1.807, 2.05) is 43.3 Å². The molecule has 186 valence electrons. The third-order valence-electron chi connectivity index (χ3n) is 5.68. The Labute approximate surface area is 211 Å². The van der Waals surface area contributed by atoms with Gasteiger partial charge in [0.1, 0.15) is 23.7 Å². The van der Waals surface area contributed by atoms with E-state index in [-0.39, 0.29) is 0 Å². The lowest BCUT2D eigenvalue weighted by atomic mass is 10.3. The molecule has 0 spiro atoms. The molecule has 11 heteroatoms. The number of hydrogen-bond acceptors (Lipinski definition) is 9. The molecule has 0 radical (unpaired) electrons. The van der Waals surface area contributed by atoms with E-state index in [0.717, 1.165) is 37.3 Å². The van der Waals surface area contributed by atoms with Crippen LogP contribution >= 0.6 is 18.7 Å². The first-order valence-corrected chi connectivity index (χ1v) is 14.5. The molecule has 1 aliphatic heterocycles. The molecule has 0 unspecified atom stereocenters.